The van der Waals surface area contributed by atoms with E-state index in [1.807, 2.05) is 80.6 Å². The summed E-state index contributed by atoms with van der Waals surface area (Å²) in [6.07, 6.45) is 4.23. The normalized spacial score (nSPS) is 11.1. The maximum absolute atomic E-state index is 12.9. The zero-order chi connectivity index (χ0) is 28.1. The van der Waals surface area contributed by atoms with Crippen molar-refractivity contribution in [3.63, 3.8) is 0 Å². The molecule has 7 heteroatoms. The highest BCUT2D eigenvalue weighted by molar-refractivity contribution is 6.30. The summed E-state index contributed by atoms with van der Waals surface area (Å²) < 4.78 is 22.6. The fourth-order valence-electron chi connectivity index (χ4n) is 4.08. The maximum Gasteiger partial charge on any atom is 0.336 e. The Kier molecular flexibility index (Phi) is 7.99. The van der Waals surface area contributed by atoms with Gasteiger partial charge in [-0.1, -0.05) is 41.9 Å². The van der Waals surface area contributed by atoms with Gasteiger partial charge in [0, 0.05) is 17.2 Å². The lowest BCUT2D eigenvalue weighted by Gasteiger charge is -2.08. The summed E-state index contributed by atoms with van der Waals surface area (Å²) in [5, 5.41) is 0.995. The number of fused-ring (bicyclic) bond motifs is 1. The number of hydrogen-bond acceptors (Lipinski definition) is 6. The average Bonchev–Trinajstić information content (AvgIpc) is 2.93. The third kappa shape index (κ3) is 6.79. The molecular weight excluding hydrogens is 528 g/mol. The highest BCUT2D eigenvalue weighted by atomic mass is 35.5. The number of hydrogen-bond donors (Lipinski definition) is 0. The maximum atomic E-state index is 12.9. The van der Waals surface area contributed by atoms with E-state index < -0.39 is 5.97 Å². The zero-order valence-corrected chi connectivity index (χ0v) is 22.6. The van der Waals surface area contributed by atoms with Crippen LogP contribution in [0.5, 0.6) is 23.0 Å². The van der Waals surface area contributed by atoms with Crippen LogP contribution in [0.15, 0.2) is 106 Å². The number of esters is 1. The van der Waals surface area contributed by atoms with Crippen molar-refractivity contribution in [1.82, 2.24) is 0 Å². The van der Waals surface area contributed by atoms with Gasteiger partial charge in [-0.3, -0.25) is 4.79 Å². The van der Waals surface area contributed by atoms with Crippen molar-refractivity contribution in [3.8, 4) is 23.0 Å². The van der Waals surface area contributed by atoms with E-state index in [1.54, 1.807) is 18.2 Å². The van der Waals surface area contributed by atoms with E-state index >= 15 is 0 Å². The minimum Gasteiger partial charge on any atom is -0.489 e. The first kappa shape index (κ1) is 26.8. The summed E-state index contributed by atoms with van der Waals surface area (Å²) in [4.78, 5) is 25.3. The van der Waals surface area contributed by atoms with Crippen LogP contribution in [-0.2, 0) is 11.4 Å². The molecule has 200 valence electrons. The minimum absolute atomic E-state index is 0.0755. The number of aryl methyl sites for hydroxylation is 2. The van der Waals surface area contributed by atoms with Gasteiger partial charge in [0.2, 0.25) is 11.2 Å². The van der Waals surface area contributed by atoms with Gasteiger partial charge in [0.05, 0.1) is 5.39 Å². The number of rotatable bonds is 8. The molecule has 0 bridgehead atoms. The van der Waals surface area contributed by atoms with Crippen molar-refractivity contribution in [2.45, 2.75) is 20.5 Å². The van der Waals surface area contributed by atoms with Gasteiger partial charge < -0.3 is 18.6 Å². The molecule has 5 rings (SSSR count). The second kappa shape index (κ2) is 11.9. The molecule has 0 N–H and O–H groups in total. The summed E-state index contributed by atoms with van der Waals surface area (Å²) in [5.41, 5.74) is 3.82. The second-order valence-electron chi connectivity index (χ2n) is 9.25. The van der Waals surface area contributed by atoms with E-state index in [4.69, 9.17) is 30.2 Å². The van der Waals surface area contributed by atoms with Crippen molar-refractivity contribution in [2.75, 3.05) is 0 Å². The number of carbonyl (C=O) groups excluding carboxylic acids is 1. The van der Waals surface area contributed by atoms with E-state index in [1.165, 1.54) is 18.4 Å². The van der Waals surface area contributed by atoms with Gasteiger partial charge >= 0.3 is 5.97 Å². The Morgan fingerprint density at radius 1 is 0.850 bits per heavy atom. The number of carbonyl (C=O) groups is 1. The predicted molar refractivity (Wildman–Crippen MR) is 155 cm³/mol. The van der Waals surface area contributed by atoms with Gasteiger partial charge in [-0.25, -0.2) is 4.79 Å². The summed E-state index contributed by atoms with van der Waals surface area (Å²) >= 11 is 5.91. The molecule has 0 aliphatic heterocycles. The van der Waals surface area contributed by atoms with Crippen molar-refractivity contribution < 1.29 is 23.4 Å². The number of benzene rings is 4. The van der Waals surface area contributed by atoms with Gasteiger partial charge in [0.1, 0.15) is 35.7 Å². The quantitative estimate of drug-likeness (QED) is 0.110. The zero-order valence-electron chi connectivity index (χ0n) is 21.8. The third-order valence-corrected chi connectivity index (χ3v) is 6.22. The Bertz CT molecular complexity index is 1730. The van der Waals surface area contributed by atoms with Gasteiger partial charge in [-0.05, 0) is 90.7 Å². The monoisotopic (exact) mass is 552 g/mol. The van der Waals surface area contributed by atoms with Crippen molar-refractivity contribution in [1.29, 1.82) is 0 Å². The van der Waals surface area contributed by atoms with E-state index in [9.17, 15) is 9.59 Å². The van der Waals surface area contributed by atoms with E-state index in [-0.39, 0.29) is 22.5 Å². The van der Waals surface area contributed by atoms with Crippen LogP contribution in [0.2, 0.25) is 5.02 Å². The Morgan fingerprint density at radius 3 is 2.27 bits per heavy atom. The van der Waals surface area contributed by atoms with Crippen molar-refractivity contribution >= 4 is 34.6 Å². The molecule has 0 aliphatic carbocycles. The number of halogens is 1. The first-order chi connectivity index (χ1) is 19.3. The Morgan fingerprint density at radius 2 is 1.55 bits per heavy atom. The topological polar surface area (TPSA) is 75.0 Å². The van der Waals surface area contributed by atoms with Gasteiger partial charge in [0.15, 0.2) is 0 Å². The lowest BCUT2D eigenvalue weighted by atomic mass is 10.1. The number of ether oxygens (including phenoxy) is 3. The van der Waals surface area contributed by atoms with Crippen LogP contribution in [0.4, 0.5) is 0 Å². The molecule has 5 aromatic rings. The van der Waals surface area contributed by atoms with Crippen molar-refractivity contribution in [2.24, 2.45) is 0 Å². The van der Waals surface area contributed by atoms with Crippen LogP contribution < -0.4 is 19.6 Å². The summed E-state index contributed by atoms with van der Waals surface area (Å²) in [6, 6.07) is 25.1. The molecule has 4 aromatic carbocycles. The van der Waals surface area contributed by atoms with Crippen LogP contribution in [0.3, 0.4) is 0 Å². The Labute approximate surface area is 236 Å². The molecule has 0 atom stereocenters. The van der Waals surface area contributed by atoms with E-state index in [0.717, 1.165) is 22.3 Å². The van der Waals surface area contributed by atoms with Gasteiger partial charge in [-0.15, -0.1) is 0 Å². The largest absolute Gasteiger partial charge is 0.489 e. The van der Waals surface area contributed by atoms with Crippen LogP contribution >= 0.6 is 11.6 Å². The molecule has 6 nitrogen and oxygen atoms in total. The molecule has 1 aromatic heterocycles. The highest BCUT2D eigenvalue weighted by Crippen LogP contribution is 2.26. The second-order valence-corrected chi connectivity index (χ2v) is 9.69. The molecule has 0 saturated heterocycles. The smallest absolute Gasteiger partial charge is 0.336 e. The third-order valence-electron chi connectivity index (χ3n) is 5.97. The summed E-state index contributed by atoms with van der Waals surface area (Å²) in [6.45, 7) is 4.33. The summed E-state index contributed by atoms with van der Waals surface area (Å²) in [5.74, 6) is 1.02. The first-order valence-electron chi connectivity index (χ1n) is 12.5. The first-order valence-corrected chi connectivity index (χ1v) is 12.9. The Hall–Kier alpha value is -4.81. The minimum atomic E-state index is -0.570. The molecule has 1 heterocycles. The molecule has 40 heavy (non-hydrogen) atoms. The van der Waals surface area contributed by atoms with Crippen LogP contribution in [0, 0.1) is 13.8 Å². The Balaban J connectivity index is 1.20. The average molecular weight is 553 g/mol. The molecule has 0 unspecified atom stereocenters. The molecule has 0 radical (unpaired) electrons. The lowest BCUT2D eigenvalue weighted by Crippen LogP contribution is -2.06. The SMILES string of the molecule is Cc1cc(C)cc(Oc2coc3cc(OC(=O)/C=C/c4ccc(OCc5ccc(Cl)cc5)cc4)ccc3c2=O)c1. The van der Waals surface area contributed by atoms with Gasteiger partial charge in [0.25, 0.3) is 0 Å². The fourth-order valence-corrected chi connectivity index (χ4v) is 4.21. The predicted octanol–water partition coefficient (Wildman–Crippen LogP) is 8.05. The van der Waals surface area contributed by atoms with Crippen molar-refractivity contribution in [3.05, 3.63) is 135 Å². The molecule has 0 fully saturated rings. The molecule has 0 spiro atoms. The molecule has 0 saturated carbocycles. The van der Waals surface area contributed by atoms with Crippen LogP contribution in [0.1, 0.15) is 22.3 Å². The van der Waals surface area contributed by atoms with E-state index in [2.05, 4.69) is 0 Å². The summed E-state index contributed by atoms with van der Waals surface area (Å²) in [7, 11) is 0. The standard InChI is InChI=1S/C33H25ClO6/c1-21-15-22(2)17-28(16-21)39-31-20-38-30-18-27(12-13-29(30)33(31)36)40-32(35)14-7-23-5-10-26(11-6-23)37-19-24-3-8-25(34)9-4-24/h3-18,20H,19H2,1-2H3/b14-7+. The lowest BCUT2D eigenvalue weighted by molar-refractivity contribution is -0.128. The van der Waals surface area contributed by atoms with Crippen LogP contribution in [-0.4, -0.2) is 5.97 Å². The molecule has 0 aliphatic rings. The molecular formula is C33H25ClO6. The highest BCUT2D eigenvalue weighted by Gasteiger charge is 2.12. The molecule has 0 amide bonds. The fraction of sp³-hybridized carbons (Fsp3) is 0.0909. The van der Waals surface area contributed by atoms with E-state index in [0.29, 0.717) is 28.5 Å². The van der Waals surface area contributed by atoms with Gasteiger partial charge in [-0.2, -0.15) is 0 Å². The van der Waals surface area contributed by atoms with Crippen LogP contribution in [0.25, 0.3) is 17.0 Å².